The zero-order valence-electron chi connectivity index (χ0n) is 11.6. The summed E-state index contributed by atoms with van der Waals surface area (Å²) >= 11 is 0. The predicted octanol–water partition coefficient (Wildman–Crippen LogP) is 0.614. The third-order valence-corrected chi connectivity index (χ3v) is 3.38. The van der Waals surface area contributed by atoms with Crippen LogP contribution in [0.25, 0.3) is 0 Å². The van der Waals surface area contributed by atoms with Crippen molar-refractivity contribution >= 4 is 17.5 Å². The number of hydrogen-bond acceptors (Lipinski definition) is 3. The third-order valence-electron chi connectivity index (χ3n) is 3.38. The Balaban J connectivity index is 2.35. The van der Waals surface area contributed by atoms with Crippen molar-refractivity contribution in [1.82, 2.24) is 15.1 Å². The summed E-state index contributed by atoms with van der Waals surface area (Å²) in [7, 11) is 1.84. The van der Waals surface area contributed by atoms with Gasteiger partial charge in [0.2, 0.25) is 11.8 Å². The van der Waals surface area contributed by atoms with Crippen LogP contribution in [0.1, 0.15) is 32.4 Å². The molecule has 1 aromatic rings. The summed E-state index contributed by atoms with van der Waals surface area (Å²) in [6, 6.07) is -0.431. The van der Waals surface area contributed by atoms with E-state index in [9.17, 15) is 9.59 Å². The van der Waals surface area contributed by atoms with Crippen molar-refractivity contribution in [2.45, 2.75) is 39.2 Å². The fraction of sp³-hybridized carbons (Fsp3) is 0.615. The van der Waals surface area contributed by atoms with E-state index < -0.39 is 6.04 Å². The molecule has 2 rings (SSSR count). The summed E-state index contributed by atoms with van der Waals surface area (Å²) in [6.45, 7) is 4.32. The van der Waals surface area contributed by atoms with Gasteiger partial charge in [0, 0.05) is 26.2 Å². The highest BCUT2D eigenvalue weighted by Gasteiger charge is 2.31. The maximum Gasteiger partial charge on any atom is 0.249 e. The van der Waals surface area contributed by atoms with Gasteiger partial charge < -0.3 is 10.2 Å². The first-order valence-electron chi connectivity index (χ1n) is 6.70. The summed E-state index contributed by atoms with van der Waals surface area (Å²) < 4.78 is 1.71. The molecule has 1 N–H and O–H groups in total. The van der Waals surface area contributed by atoms with Gasteiger partial charge in [-0.15, -0.1) is 0 Å². The van der Waals surface area contributed by atoms with E-state index in [2.05, 4.69) is 10.4 Å². The van der Waals surface area contributed by atoms with Gasteiger partial charge in [0.15, 0.2) is 0 Å². The van der Waals surface area contributed by atoms with E-state index in [1.807, 2.05) is 27.1 Å². The van der Waals surface area contributed by atoms with Gasteiger partial charge in [-0.25, -0.2) is 0 Å². The van der Waals surface area contributed by atoms with Crippen LogP contribution in [0.5, 0.6) is 0 Å². The molecular formula is C13H20N4O2. The predicted molar refractivity (Wildman–Crippen MR) is 71.8 cm³/mol. The van der Waals surface area contributed by atoms with Crippen LogP contribution in [-0.2, 0) is 23.1 Å². The zero-order valence-corrected chi connectivity index (χ0v) is 11.6. The minimum absolute atomic E-state index is 0.0453. The summed E-state index contributed by atoms with van der Waals surface area (Å²) in [5.74, 6) is -0.110. The Bertz CT molecular complexity index is 495. The number of nitrogens with one attached hydrogen (secondary N) is 1. The highest BCUT2D eigenvalue weighted by Crippen LogP contribution is 2.22. The van der Waals surface area contributed by atoms with Crippen LogP contribution in [0.4, 0.5) is 5.69 Å². The highest BCUT2D eigenvalue weighted by atomic mass is 16.2. The number of carbonyl (C=O) groups excluding carboxylic acids is 2. The quantitative estimate of drug-likeness (QED) is 0.870. The molecule has 6 nitrogen and oxygen atoms in total. The molecule has 2 heterocycles. The van der Waals surface area contributed by atoms with Crippen LogP contribution in [0.2, 0.25) is 0 Å². The Morgan fingerprint density at radius 1 is 1.42 bits per heavy atom. The van der Waals surface area contributed by atoms with E-state index in [0.717, 1.165) is 17.8 Å². The van der Waals surface area contributed by atoms with Crippen LogP contribution >= 0.6 is 0 Å². The second-order valence-corrected chi connectivity index (χ2v) is 4.76. The average molecular weight is 264 g/mol. The number of anilines is 1. The summed E-state index contributed by atoms with van der Waals surface area (Å²) in [5.41, 5.74) is 1.71. The molecule has 1 aromatic heterocycles. The van der Waals surface area contributed by atoms with Crippen molar-refractivity contribution in [1.29, 1.82) is 0 Å². The van der Waals surface area contributed by atoms with Gasteiger partial charge in [0.25, 0.3) is 0 Å². The van der Waals surface area contributed by atoms with Gasteiger partial charge in [0.05, 0.1) is 11.4 Å². The third kappa shape index (κ3) is 2.62. The fourth-order valence-corrected chi connectivity index (χ4v) is 2.36. The maximum atomic E-state index is 12.5. The molecule has 0 bridgehead atoms. The maximum absolute atomic E-state index is 12.5. The van der Waals surface area contributed by atoms with Crippen molar-refractivity contribution in [3.8, 4) is 0 Å². The van der Waals surface area contributed by atoms with Crippen LogP contribution in [-0.4, -0.2) is 34.2 Å². The van der Waals surface area contributed by atoms with Crippen molar-refractivity contribution in [3.63, 3.8) is 0 Å². The summed E-state index contributed by atoms with van der Waals surface area (Å²) in [4.78, 5) is 25.8. The number of aryl methyl sites for hydroxylation is 2. The van der Waals surface area contributed by atoms with Crippen molar-refractivity contribution in [2.75, 3.05) is 11.4 Å². The number of carbonyl (C=O) groups is 2. The van der Waals surface area contributed by atoms with Crippen molar-refractivity contribution in [2.24, 2.45) is 7.05 Å². The van der Waals surface area contributed by atoms with Gasteiger partial charge in [-0.05, 0) is 12.8 Å². The summed E-state index contributed by atoms with van der Waals surface area (Å²) in [5, 5.41) is 7.12. The Hall–Kier alpha value is -1.85. The molecule has 0 radical (unpaired) electrons. The Kier molecular flexibility index (Phi) is 3.87. The van der Waals surface area contributed by atoms with E-state index >= 15 is 0 Å². The largest absolute Gasteiger partial charge is 0.344 e. The smallest absolute Gasteiger partial charge is 0.249 e. The molecule has 1 saturated heterocycles. The number of amides is 2. The molecule has 0 saturated carbocycles. The highest BCUT2D eigenvalue weighted by molar-refractivity contribution is 6.01. The molecule has 1 aliphatic rings. The van der Waals surface area contributed by atoms with E-state index in [1.54, 1.807) is 9.58 Å². The summed E-state index contributed by atoms with van der Waals surface area (Å²) in [6.07, 6.45) is 3.54. The van der Waals surface area contributed by atoms with Crippen LogP contribution in [0, 0.1) is 0 Å². The van der Waals surface area contributed by atoms with E-state index in [1.165, 1.54) is 0 Å². The number of aromatic nitrogens is 2. The van der Waals surface area contributed by atoms with Gasteiger partial charge in [0.1, 0.15) is 6.04 Å². The molecule has 1 atom stereocenters. The fourth-order valence-electron chi connectivity index (χ4n) is 2.36. The Labute approximate surface area is 112 Å². The van der Waals surface area contributed by atoms with Gasteiger partial charge in [-0.1, -0.05) is 13.8 Å². The van der Waals surface area contributed by atoms with E-state index in [0.29, 0.717) is 19.4 Å². The zero-order chi connectivity index (χ0) is 14.0. The van der Waals surface area contributed by atoms with Crippen LogP contribution in [0.15, 0.2) is 6.20 Å². The molecule has 0 spiro atoms. The second-order valence-electron chi connectivity index (χ2n) is 4.76. The lowest BCUT2D eigenvalue weighted by molar-refractivity contribution is -0.125. The monoisotopic (exact) mass is 264 g/mol. The first-order valence-corrected chi connectivity index (χ1v) is 6.70. The van der Waals surface area contributed by atoms with Gasteiger partial charge in [-0.2, -0.15) is 5.10 Å². The SMILES string of the molecule is CCc1nn(C)cc1N1CCC(=O)NC(CC)C1=O. The first-order chi connectivity index (χ1) is 9.06. The molecule has 1 unspecified atom stereocenters. The normalized spacial score (nSPS) is 20.4. The molecule has 1 fully saturated rings. The lowest BCUT2D eigenvalue weighted by Gasteiger charge is -2.22. The first kappa shape index (κ1) is 13.6. The van der Waals surface area contributed by atoms with Gasteiger partial charge >= 0.3 is 0 Å². The second kappa shape index (κ2) is 5.42. The lowest BCUT2D eigenvalue weighted by atomic mass is 10.2. The molecule has 2 amide bonds. The average Bonchev–Trinajstić information content (AvgIpc) is 2.69. The molecule has 0 aromatic carbocycles. The van der Waals surface area contributed by atoms with Crippen molar-refractivity contribution in [3.05, 3.63) is 11.9 Å². The molecule has 6 heteroatoms. The molecule has 0 aliphatic carbocycles. The van der Waals surface area contributed by atoms with Crippen molar-refractivity contribution < 1.29 is 9.59 Å². The lowest BCUT2D eigenvalue weighted by Crippen LogP contribution is -2.44. The number of rotatable bonds is 3. The van der Waals surface area contributed by atoms with Gasteiger partial charge in [-0.3, -0.25) is 14.3 Å². The minimum atomic E-state index is -0.431. The van der Waals surface area contributed by atoms with E-state index in [-0.39, 0.29) is 11.8 Å². The van der Waals surface area contributed by atoms with Crippen LogP contribution < -0.4 is 10.2 Å². The minimum Gasteiger partial charge on any atom is -0.344 e. The Morgan fingerprint density at radius 3 is 2.79 bits per heavy atom. The molecule has 19 heavy (non-hydrogen) atoms. The number of hydrogen-bond donors (Lipinski definition) is 1. The van der Waals surface area contributed by atoms with Crippen LogP contribution in [0.3, 0.4) is 0 Å². The number of nitrogens with zero attached hydrogens (tertiary/aromatic N) is 3. The Morgan fingerprint density at radius 2 is 2.16 bits per heavy atom. The molecule has 1 aliphatic heterocycles. The molecule has 104 valence electrons. The topological polar surface area (TPSA) is 67.2 Å². The standard InChI is InChI=1S/C13H20N4O2/c1-4-9-11(8-16(3)15-9)17-7-6-12(18)14-10(5-2)13(17)19/h8,10H,4-7H2,1-3H3,(H,14,18). The van der Waals surface area contributed by atoms with E-state index in [4.69, 9.17) is 0 Å². The molecular weight excluding hydrogens is 244 g/mol.